The molecule has 2 aromatic carbocycles. The molecule has 0 aliphatic heterocycles. The average molecular weight is 312 g/mol. The summed E-state index contributed by atoms with van der Waals surface area (Å²) in [5.74, 6) is -0.806. The van der Waals surface area contributed by atoms with Gasteiger partial charge >= 0.3 is 0 Å². The molecule has 0 heterocycles. The zero-order chi connectivity index (χ0) is 13.3. The lowest BCUT2D eigenvalue weighted by atomic mass is 9.95. The summed E-state index contributed by atoms with van der Waals surface area (Å²) < 4.78 is 27.9. The predicted octanol–water partition coefficient (Wildman–Crippen LogP) is 4.41. The molecule has 18 heavy (non-hydrogen) atoms. The minimum Gasteiger partial charge on any atom is -0.324 e. The first-order valence-corrected chi connectivity index (χ1v) is 6.29. The van der Waals surface area contributed by atoms with Crippen molar-refractivity contribution in [2.75, 3.05) is 0 Å². The van der Waals surface area contributed by atoms with Gasteiger partial charge in [0.2, 0.25) is 0 Å². The number of hydrogen-bond donors (Lipinski definition) is 1. The topological polar surface area (TPSA) is 26.0 Å². The molecule has 1 nitrogen and oxygen atoms in total. The fourth-order valence-electron chi connectivity index (χ4n) is 1.86. The summed E-state index contributed by atoms with van der Waals surface area (Å²) in [5.41, 5.74) is 7.38. The molecule has 0 saturated heterocycles. The molecule has 4 heteroatoms. The molecule has 0 aliphatic rings. The smallest absolute Gasteiger partial charge is 0.131 e. The molecule has 1 atom stereocenters. The van der Waals surface area contributed by atoms with Gasteiger partial charge in [-0.25, -0.2) is 8.78 Å². The molecule has 0 amide bonds. The van der Waals surface area contributed by atoms with Crippen molar-refractivity contribution in [3.8, 4) is 11.1 Å². The van der Waals surface area contributed by atoms with Crippen LogP contribution in [-0.2, 0) is 0 Å². The summed E-state index contributed by atoms with van der Waals surface area (Å²) in [7, 11) is 0. The third-order valence-electron chi connectivity index (χ3n) is 2.72. The molecule has 2 aromatic rings. The van der Waals surface area contributed by atoms with E-state index in [9.17, 15) is 8.78 Å². The molecule has 0 bridgehead atoms. The van der Waals surface area contributed by atoms with Crippen molar-refractivity contribution in [3.63, 3.8) is 0 Å². The maximum Gasteiger partial charge on any atom is 0.131 e. The molecule has 1 unspecified atom stereocenters. The summed E-state index contributed by atoms with van der Waals surface area (Å²) >= 11 is 3.28. The first-order valence-electron chi connectivity index (χ1n) is 5.49. The highest BCUT2D eigenvalue weighted by Crippen LogP contribution is 2.32. The van der Waals surface area contributed by atoms with Crippen LogP contribution >= 0.6 is 15.9 Å². The van der Waals surface area contributed by atoms with Gasteiger partial charge in [-0.3, -0.25) is 0 Å². The summed E-state index contributed by atoms with van der Waals surface area (Å²) in [6, 6.07) is 8.51. The van der Waals surface area contributed by atoms with Crippen molar-refractivity contribution in [2.45, 2.75) is 13.0 Å². The largest absolute Gasteiger partial charge is 0.324 e. The second kappa shape index (κ2) is 5.16. The monoisotopic (exact) mass is 311 g/mol. The molecule has 0 saturated carbocycles. The van der Waals surface area contributed by atoms with Crippen molar-refractivity contribution in [2.24, 2.45) is 5.73 Å². The number of benzene rings is 2. The van der Waals surface area contributed by atoms with Crippen LogP contribution in [0.3, 0.4) is 0 Å². The molecule has 94 valence electrons. The van der Waals surface area contributed by atoms with E-state index in [4.69, 9.17) is 5.73 Å². The number of halogens is 3. The lowest BCUT2D eigenvalue weighted by molar-refractivity contribution is 0.622. The Labute approximate surface area is 113 Å². The van der Waals surface area contributed by atoms with Crippen LogP contribution in [0.1, 0.15) is 18.5 Å². The van der Waals surface area contributed by atoms with Crippen LogP contribution in [0.15, 0.2) is 40.9 Å². The fourth-order valence-corrected chi connectivity index (χ4v) is 2.22. The van der Waals surface area contributed by atoms with Crippen LogP contribution < -0.4 is 5.73 Å². The SMILES string of the molecule is CC(N)c1ccc(F)cc1-c1cc(Br)ccc1F. The summed E-state index contributed by atoms with van der Waals surface area (Å²) in [6.45, 7) is 1.78. The van der Waals surface area contributed by atoms with Gasteiger partial charge in [-0.15, -0.1) is 0 Å². The molecular formula is C14H12BrF2N. The second-order valence-electron chi connectivity index (χ2n) is 4.14. The molecule has 2 rings (SSSR count). The first-order chi connectivity index (χ1) is 8.49. The minimum absolute atomic E-state index is 0.293. The van der Waals surface area contributed by atoms with Crippen LogP contribution in [0.25, 0.3) is 11.1 Å². The molecule has 0 aromatic heterocycles. The summed E-state index contributed by atoms with van der Waals surface area (Å²) in [5, 5.41) is 0. The molecule has 0 aliphatic carbocycles. The Morgan fingerprint density at radius 2 is 1.78 bits per heavy atom. The van der Waals surface area contributed by atoms with Crippen molar-refractivity contribution in [1.82, 2.24) is 0 Å². The fraction of sp³-hybridized carbons (Fsp3) is 0.143. The molecular weight excluding hydrogens is 300 g/mol. The van der Waals surface area contributed by atoms with E-state index < -0.39 is 11.6 Å². The van der Waals surface area contributed by atoms with Gasteiger partial charge in [-0.05, 0) is 48.4 Å². The Morgan fingerprint density at radius 1 is 1.06 bits per heavy atom. The van der Waals surface area contributed by atoms with Gasteiger partial charge in [0.25, 0.3) is 0 Å². The molecule has 0 fully saturated rings. The lowest BCUT2D eigenvalue weighted by Gasteiger charge is -2.14. The zero-order valence-electron chi connectivity index (χ0n) is 9.75. The highest BCUT2D eigenvalue weighted by Gasteiger charge is 2.13. The van der Waals surface area contributed by atoms with Gasteiger partial charge < -0.3 is 5.73 Å². The van der Waals surface area contributed by atoms with Gasteiger partial charge in [0.1, 0.15) is 11.6 Å². The standard InChI is InChI=1S/C14H12BrF2N/c1-8(18)11-4-3-10(16)7-12(11)13-6-9(15)2-5-14(13)17/h2-8H,18H2,1H3. The van der Waals surface area contributed by atoms with Crippen LogP contribution in [0.5, 0.6) is 0 Å². The van der Waals surface area contributed by atoms with Crippen molar-refractivity contribution in [1.29, 1.82) is 0 Å². The van der Waals surface area contributed by atoms with Crippen LogP contribution in [0.4, 0.5) is 8.78 Å². The van der Waals surface area contributed by atoms with Crippen molar-refractivity contribution >= 4 is 15.9 Å². The van der Waals surface area contributed by atoms with E-state index in [2.05, 4.69) is 15.9 Å². The third-order valence-corrected chi connectivity index (χ3v) is 3.22. The Kier molecular flexibility index (Phi) is 3.78. The highest BCUT2D eigenvalue weighted by molar-refractivity contribution is 9.10. The van der Waals surface area contributed by atoms with Gasteiger partial charge in [0.15, 0.2) is 0 Å². The average Bonchev–Trinajstić information content (AvgIpc) is 2.31. The Hall–Kier alpha value is -1.26. The summed E-state index contributed by atoms with van der Waals surface area (Å²) in [4.78, 5) is 0. The Bertz CT molecular complexity index is 582. The molecule has 0 spiro atoms. The number of rotatable bonds is 2. The maximum absolute atomic E-state index is 13.8. The van der Waals surface area contributed by atoms with Gasteiger partial charge in [0.05, 0.1) is 0 Å². The van der Waals surface area contributed by atoms with Gasteiger partial charge in [-0.2, -0.15) is 0 Å². The van der Waals surface area contributed by atoms with Gasteiger partial charge in [0, 0.05) is 16.1 Å². The van der Waals surface area contributed by atoms with E-state index >= 15 is 0 Å². The molecule has 0 radical (unpaired) electrons. The molecule has 2 N–H and O–H groups in total. The van der Waals surface area contributed by atoms with E-state index in [1.165, 1.54) is 18.2 Å². The predicted molar refractivity (Wildman–Crippen MR) is 72.1 cm³/mol. The van der Waals surface area contributed by atoms with E-state index in [-0.39, 0.29) is 6.04 Å². The minimum atomic E-state index is -0.409. The third kappa shape index (κ3) is 2.60. The number of nitrogens with two attached hydrogens (primary N) is 1. The normalized spacial score (nSPS) is 12.5. The van der Waals surface area contributed by atoms with Crippen molar-refractivity contribution in [3.05, 3.63) is 58.1 Å². The van der Waals surface area contributed by atoms with E-state index in [0.717, 1.165) is 4.47 Å². The van der Waals surface area contributed by atoms with Crippen LogP contribution in [0.2, 0.25) is 0 Å². The van der Waals surface area contributed by atoms with E-state index in [1.807, 2.05) is 0 Å². The van der Waals surface area contributed by atoms with Gasteiger partial charge in [-0.1, -0.05) is 22.0 Å². The van der Waals surface area contributed by atoms with E-state index in [0.29, 0.717) is 16.7 Å². The zero-order valence-corrected chi connectivity index (χ0v) is 11.3. The lowest BCUT2D eigenvalue weighted by Crippen LogP contribution is -2.07. The Balaban J connectivity index is 2.69. The second-order valence-corrected chi connectivity index (χ2v) is 5.06. The van der Waals surface area contributed by atoms with Crippen LogP contribution in [0, 0.1) is 11.6 Å². The van der Waals surface area contributed by atoms with Crippen LogP contribution in [-0.4, -0.2) is 0 Å². The van der Waals surface area contributed by atoms with Crippen molar-refractivity contribution < 1.29 is 8.78 Å². The quantitative estimate of drug-likeness (QED) is 0.873. The first kappa shape index (κ1) is 13.2. The highest BCUT2D eigenvalue weighted by atomic mass is 79.9. The summed E-state index contributed by atoms with van der Waals surface area (Å²) in [6.07, 6.45) is 0. The van der Waals surface area contributed by atoms with E-state index in [1.54, 1.807) is 25.1 Å². The number of hydrogen-bond acceptors (Lipinski definition) is 1. The Morgan fingerprint density at radius 3 is 2.44 bits per heavy atom. The maximum atomic E-state index is 13.8.